The second-order valence-corrected chi connectivity index (χ2v) is 3.21. The average Bonchev–Trinajstić information content (AvgIpc) is 2.17. The molecule has 0 atom stereocenters. The van der Waals surface area contributed by atoms with Crippen LogP contribution in [0.25, 0.3) is 0 Å². The first-order valence-corrected chi connectivity index (χ1v) is 3.74. The van der Waals surface area contributed by atoms with E-state index in [1.807, 2.05) is 13.8 Å². The molecule has 0 fully saturated rings. The molecule has 0 aromatic carbocycles. The Kier molecular flexibility index (Phi) is 3.37. The number of hydrogen-bond donors (Lipinski definition) is 1. The normalized spacial score (nSPS) is 8.45. The Bertz CT molecular complexity index is 298. The van der Waals surface area contributed by atoms with E-state index in [9.17, 15) is 0 Å². The van der Waals surface area contributed by atoms with Gasteiger partial charge in [-0.2, -0.15) is 5.26 Å². The molecule has 1 aromatic rings. The van der Waals surface area contributed by atoms with Gasteiger partial charge in [-0.25, -0.2) is 0 Å². The topological polar surface area (TPSA) is 49.8 Å². The van der Waals surface area contributed by atoms with E-state index in [0.29, 0.717) is 0 Å². The van der Waals surface area contributed by atoms with Gasteiger partial charge in [-0.1, -0.05) is 0 Å². The first-order chi connectivity index (χ1) is 4.66. The summed E-state index contributed by atoms with van der Waals surface area (Å²) >= 11 is 1.36. The summed E-state index contributed by atoms with van der Waals surface area (Å²) in [5.74, 6) is 0. The number of halogens is 1. The zero-order valence-electron chi connectivity index (χ0n) is 6.34. The highest BCUT2D eigenvalue weighted by Crippen LogP contribution is 2.28. The lowest BCUT2D eigenvalue weighted by Gasteiger charge is -1.87. The van der Waals surface area contributed by atoms with Crippen LogP contribution in [0, 0.1) is 25.2 Å². The first-order valence-electron chi connectivity index (χ1n) is 2.92. The molecule has 1 rings (SSSR count). The molecule has 0 saturated carbocycles. The fourth-order valence-electron chi connectivity index (χ4n) is 0.725. The van der Waals surface area contributed by atoms with Gasteiger partial charge in [0, 0.05) is 0 Å². The molecular weight excluding hydrogens is 180 g/mol. The third kappa shape index (κ3) is 1.65. The molecule has 0 aliphatic rings. The summed E-state index contributed by atoms with van der Waals surface area (Å²) in [6, 6.07) is 2.10. The van der Waals surface area contributed by atoms with Crippen molar-refractivity contribution in [2.24, 2.45) is 0 Å². The van der Waals surface area contributed by atoms with Gasteiger partial charge in [0.2, 0.25) is 0 Å². The molecule has 60 valence electrons. The van der Waals surface area contributed by atoms with Crippen LogP contribution in [0.3, 0.4) is 0 Å². The van der Waals surface area contributed by atoms with Crippen LogP contribution in [0.5, 0.6) is 0 Å². The van der Waals surface area contributed by atoms with Crippen molar-refractivity contribution in [1.82, 2.24) is 0 Å². The minimum atomic E-state index is 0. The SMILES string of the molecule is Cc1c(N)sc(C#N)c1C.Cl. The number of hydrogen-bond acceptors (Lipinski definition) is 3. The fraction of sp³-hybridized carbons (Fsp3) is 0.286. The van der Waals surface area contributed by atoms with E-state index in [1.165, 1.54) is 11.3 Å². The minimum Gasteiger partial charge on any atom is -0.390 e. The molecule has 1 heterocycles. The van der Waals surface area contributed by atoms with Gasteiger partial charge < -0.3 is 5.73 Å². The van der Waals surface area contributed by atoms with Crippen molar-refractivity contribution >= 4 is 28.7 Å². The Balaban J connectivity index is 0.000001000. The molecule has 1 aromatic heterocycles. The lowest BCUT2D eigenvalue weighted by Crippen LogP contribution is -1.82. The van der Waals surface area contributed by atoms with Gasteiger partial charge in [-0.15, -0.1) is 23.7 Å². The van der Waals surface area contributed by atoms with E-state index < -0.39 is 0 Å². The highest BCUT2D eigenvalue weighted by atomic mass is 35.5. The van der Waals surface area contributed by atoms with Crippen molar-refractivity contribution in [1.29, 1.82) is 5.26 Å². The number of rotatable bonds is 0. The quantitative estimate of drug-likeness (QED) is 0.679. The molecule has 0 amide bonds. The van der Waals surface area contributed by atoms with Crippen LogP contribution in [0.2, 0.25) is 0 Å². The van der Waals surface area contributed by atoms with Gasteiger partial charge >= 0.3 is 0 Å². The van der Waals surface area contributed by atoms with Crippen LogP contribution < -0.4 is 5.73 Å². The Morgan fingerprint density at radius 2 is 1.91 bits per heavy atom. The number of thiophene rings is 1. The molecule has 0 aliphatic carbocycles. The van der Waals surface area contributed by atoms with Crippen molar-refractivity contribution in [2.75, 3.05) is 5.73 Å². The number of nitrogen functional groups attached to an aromatic ring is 1. The molecule has 4 heteroatoms. The standard InChI is InChI=1S/C7H8N2S.ClH/c1-4-5(2)7(9)10-6(4)3-8;/h9H2,1-2H3;1H. The third-order valence-electron chi connectivity index (χ3n) is 1.59. The smallest absolute Gasteiger partial charge is 0.110 e. The summed E-state index contributed by atoms with van der Waals surface area (Å²) < 4.78 is 0. The first kappa shape index (κ1) is 10.3. The summed E-state index contributed by atoms with van der Waals surface area (Å²) in [6.07, 6.45) is 0. The van der Waals surface area contributed by atoms with Crippen LogP contribution in [0.15, 0.2) is 0 Å². The molecule has 11 heavy (non-hydrogen) atoms. The van der Waals surface area contributed by atoms with Crippen molar-refractivity contribution in [3.63, 3.8) is 0 Å². The summed E-state index contributed by atoms with van der Waals surface area (Å²) in [4.78, 5) is 0.731. The van der Waals surface area contributed by atoms with Crippen molar-refractivity contribution < 1.29 is 0 Å². The van der Waals surface area contributed by atoms with Crippen molar-refractivity contribution in [2.45, 2.75) is 13.8 Å². The molecule has 0 unspecified atom stereocenters. The molecule has 0 spiro atoms. The monoisotopic (exact) mass is 188 g/mol. The van der Waals surface area contributed by atoms with Gasteiger partial charge in [0.1, 0.15) is 10.9 Å². The van der Waals surface area contributed by atoms with Crippen molar-refractivity contribution in [3.8, 4) is 6.07 Å². The number of nitriles is 1. The van der Waals surface area contributed by atoms with Crippen LogP contribution in [0.1, 0.15) is 16.0 Å². The predicted octanol–water partition coefficient (Wildman–Crippen LogP) is 2.24. The summed E-state index contributed by atoms with van der Waals surface area (Å²) in [5.41, 5.74) is 7.65. The van der Waals surface area contributed by atoms with E-state index in [0.717, 1.165) is 21.0 Å². The Labute approximate surface area is 76.1 Å². The average molecular weight is 189 g/mol. The highest BCUT2D eigenvalue weighted by molar-refractivity contribution is 7.16. The zero-order valence-corrected chi connectivity index (χ0v) is 7.97. The minimum absolute atomic E-state index is 0. The van der Waals surface area contributed by atoms with Crippen LogP contribution in [-0.2, 0) is 0 Å². The molecular formula is C7H9ClN2S. The maximum atomic E-state index is 8.56. The van der Waals surface area contributed by atoms with Gasteiger partial charge in [0.05, 0.1) is 5.00 Å². The third-order valence-corrected chi connectivity index (χ3v) is 2.71. The Morgan fingerprint density at radius 3 is 2.09 bits per heavy atom. The van der Waals surface area contributed by atoms with Crippen LogP contribution in [-0.4, -0.2) is 0 Å². The van der Waals surface area contributed by atoms with Gasteiger partial charge in [0.15, 0.2) is 0 Å². The number of nitrogens with two attached hydrogens (primary N) is 1. The maximum absolute atomic E-state index is 8.56. The lowest BCUT2D eigenvalue weighted by atomic mass is 10.2. The largest absolute Gasteiger partial charge is 0.390 e. The van der Waals surface area contributed by atoms with E-state index in [2.05, 4.69) is 6.07 Å². The van der Waals surface area contributed by atoms with E-state index >= 15 is 0 Å². The van der Waals surface area contributed by atoms with E-state index in [4.69, 9.17) is 11.0 Å². The Morgan fingerprint density at radius 1 is 1.36 bits per heavy atom. The fourth-order valence-corrected chi connectivity index (χ4v) is 1.60. The molecule has 2 N–H and O–H groups in total. The summed E-state index contributed by atoms with van der Waals surface area (Å²) in [5, 5.41) is 9.32. The Hall–Kier alpha value is -0.720. The highest BCUT2D eigenvalue weighted by Gasteiger charge is 2.06. The second kappa shape index (κ2) is 3.61. The van der Waals surface area contributed by atoms with Gasteiger partial charge in [0.25, 0.3) is 0 Å². The van der Waals surface area contributed by atoms with Gasteiger partial charge in [-0.05, 0) is 25.0 Å². The van der Waals surface area contributed by atoms with Crippen LogP contribution >= 0.6 is 23.7 Å². The maximum Gasteiger partial charge on any atom is 0.110 e. The molecule has 0 bridgehead atoms. The lowest BCUT2D eigenvalue weighted by molar-refractivity contribution is 1.38. The zero-order chi connectivity index (χ0) is 7.72. The molecule has 2 nitrogen and oxygen atoms in total. The molecule has 0 aliphatic heterocycles. The van der Waals surface area contributed by atoms with Crippen molar-refractivity contribution in [3.05, 3.63) is 16.0 Å². The van der Waals surface area contributed by atoms with E-state index in [-0.39, 0.29) is 12.4 Å². The van der Waals surface area contributed by atoms with E-state index in [1.54, 1.807) is 0 Å². The summed E-state index contributed by atoms with van der Waals surface area (Å²) in [7, 11) is 0. The number of anilines is 1. The number of nitrogens with zero attached hydrogens (tertiary/aromatic N) is 1. The second-order valence-electron chi connectivity index (χ2n) is 2.16. The predicted molar refractivity (Wildman–Crippen MR) is 50.2 cm³/mol. The molecule has 0 radical (unpaired) electrons. The van der Waals surface area contributed by atoms with Crippen LogP contribution in [0.4, 0.5) is 5.00 Å². The summed E-state index contributed by atoms with van der Waals surface area (Å²) in [6.45, 7) is 3.85. The molecule has 0 saturated heterocycles. The van der Waals surface area contributed by atoms with Gasteiger partial charge in [-0.3, -0.25) is 0 Å².